The molecule has 0 unspecified atom stereocenters. The van der Waals surface area contributed by atoms with Gasteiger partial charge < -0.3 is 14.6 Å². The number of imidazole rings is 1. The van der Waals surface area contributed by atoms with Crippen LogP contribution in [-0.2, 0) is 6.54 Å². The molecule has 4 rings (SSSR count). The van der Waals surface area contributed by atoms with Crippen LogP contribution in [0.2, 0.25) is 0 Å². The van der Waals surface area contributed by atoms with Gasteiger partial charge in [0.25, 0.3) is 6.43 Å². The van der Waals surface area contributed by atoms with E-state index >= 15 is 0 Å². The lowest BCUT2D eigenvalue weighted by Crippen LogP contribution is -2.22. The molecule has 3 aromatic heterocycles. The molecule has 0 fully saturated rings. The van der Waals surface area contributed by atoms with Crippen molar-refractivity contribution < 1.29 is 13.5 Å². The van der Waals surface area contributed by atoms with Crippen LogP contribution in [0.15, 0.2) is 36.8 Å². The van der Waals surface area contributed by atoms with Gasteiger partial charge in [-0.15, -0.1) is 5.10 Å². The molecule has 0 saturated carbocycles. The van der Waals surface area contributed by atoms with Gasteiger partial charge in [0.15, 0.2) is 0 Å². The maximum absolute atomic E-state index is 12.9. The van der Waals surface area contributed by atoms with E-state index in [0.717, 1.165) is 11.1 Å². The summed E-state index contributed by atoms with van der Waals surface area (Å²) in [5, 5.41) is 16.7. The summed E-state index contributed by atoms with van der Waals surface area (Å²) in [7, 11) is 1.52. The molecule has 8 nitrogen and oxygen atoms in total. The Kier molecular flexibility index (Phi) is 5.19. The lowest BCUT2D eigenvalue weighted by atomic mass is 9.96. The summed E-state index contributed by atoms with van der Waals surface area (Å²) in [5.41, 5.74) is 2.93. The summed E-state index contributed by atoms with van der Waals surface area (Å²) in [5.74, 6) is 0.689. The first kappa shape index (κ1) is 20.5. The van der Waals surface area contributed by atoms with Gasteiger partial charge >= 0.3 is 0 Å². The molecule has 160 valence electrons. The monoisotopic (exact) mass is 425 g/mol. The van der Waals surface area contributed by atoms with Crippen molar-refractivity contribution in [2.45, 2.75) is 26.8 Å². The van der Waals surface area contributed by atoms with Gasteiger partial charge in [-0.05, 0) is 37.6 Å². The minimum atomic E-state index is -2.47. The molecule has 0 aliphatic carbocycles. The average Bonchev–Trinajstić information content (AvgIpc) is 3.35. The largest absolute Gasteiger partial charge is 0.479 e. The number of alkyl halides is 2. The Morgan fingerprint density at radius 2 is 2.10 bits per heavy atom. The topological polar surface area (TPSA) is 93.1 Å². The van der Waals surface area contributed by atoms with Gasteiger partial charge in [0, 0.05) is 18.3 Å². The van der Waals surface area contributed by atoms with Gasteiger partial charge in [0.2, 0.25) is 11.8 Å². The van der Waals surface area contributed by atoms with Crippen molar-refractivity contribution in [2.75, 3.05) is 19.0 Å². The zero-order valence-corrected chi connectivity index (χ0v) is 17.3. The number of anilines is 1. The Morgan fingerprint density at radius 1 is 1.29 bits per heavy atom. The number of hydrogen-bond acceptors (Lipinski definition) is 6. The van der Waals surface area contributed by atoms with Gasteiger partial charge in [-0.1, -0.05) is 6.07 Å². The van der Waals surface area contributed by atoms with Crippen molar-refractivity contribution in [3.63, 3.8) is 0 Å². The van der Waals surface area contributed by atoms with Crippen LogP contribution in [0.25, 0.3) is 27.7 Å². The summed E-state index contributed by atoms with van der Waals surface area (Å²) >= 11 is 0. The second kappa shape index (κ2) is 7.83. The maximum Gasteiger partial charge on any atom is 0.256 e. The predicted molar refractivity (Wildman–Crippen MR) is 112 cm³/mol. The van der Waals surface area contributed by atoms with Gasteiger partial charge in [-0.25, -0.2) is 18.3 Å². The maximum atomic E-state index is 12.9. The minimum absolute atomic E-state index is 0.334. The van der Waals surface area contributed by atoms with Crippen LogP contribution in [0.1, 0.15) is 13.8 Å². The molecule has 1 aromatic carbocycles. The second-order valence-electron chi connectivity index (χ2n) is 7.81. The first-order valence-corrected chi connectivity index (χ1v) is 9.63. The van der Waals surface area contributed by atoms with E-state index in [1.165, 1.54) is 18.0 Å². The van der Waals surface area contributed by atoms with Gasteiger partial charge in [-0.2, -0.15) is 10.2 Å². The van der Waals surface area contributed by atoms with Crippen molar-refractivity contribution in [1.29, 1.82) is 5.26 Å². The molecule has 0 atom stereocenters. The molecule has 0 amide bonds. The highest BCUT2D eigenvalue weighted by atomic mass is 19.3. The fraction of sp³-hybridized carbons (Fsp3) is 0.333. The lowest BCUT2D eigenvalue weighted by molar-refractivity contribution is 0.128. The number of fused-ring (bicyclic) bond motifs is 2. The van der Waals surface area contributed by atoms with Crippen LogP contribution >= 0.6 is 0 Å². The van der Waals surface area contributed by atoms with E-state index < -0.39 is 18.4 Å². The van der Waals surface area contributed by atoms with Crippen molar-refractivity contribution >= 4 is 22.5 Å². The molecular formula is C21H21F2N7O. The molecule has 3 heterocycles. The minimum Gasteiger partial charge on any atom is -0.479 e. The Morgan fingerprint density at radius 3 is 2.81 bits per heavy atom. The third-order valence-corrected chi connectivity index (χ3v) is 4.93. The molecule has 0 spiro atoms. The molecule has 31 heavy (non-hydrogen) atoms. The van der Waals surface area contributed by atoms with E-state index in [4.69, 9.17) is 4.74 Å². The van der Waals surface area contributed by atoms with Crippen molar-refractivity contribution in [3.05, 3.63) is 36.8 Å². The number of rotatable bonds is 7. The van der Waals surface area contributed by atoms with E-state index in [-0.39, 0.29) is 0 Å². The molecule has 0 radical (unpaired) electrons. The van der Waals surface area contributed by atoms with Gasteiger partial charge in [0.1, 0.15) is 5.52 Å². The second-order valence-corrected chi connectivity index (χ2v) is 7.81. The van der Waals surface area contributed by atoms with Crippen molar-refractivity contribution in [2.24, 2.45) is 5.41 Å². The van der Waals surface area contributed by atoms with Crippen molar-refractivity contribution in [1.82, 2.24) is 24.1 Å². The molecule has 0 bridgehead atoms. The first-order chi connectivity index (χ1) is 14.8. The van der Waals surface area contributed by atoms with E-state index in [9.17, 15) is 14.0 Å². The Balaban J connectivity index is 1.76. The van der Waals surface area contributed by atoms with Gasteiger partial charge in [0.05, 0.1) is 42.5 Å². The van der Waals surface area contributed by atoms with Crippen LogP contribution in [0.4, 0.5) is 14.7 Å². The fourth-order valence-corrected chi connectivity index (χ4v) is 3.30. The molecular weight excluding hydrogens is 404 g/mol. The number of halogens is 2. The third-order valence-electron chi connectivity index (χ3n) is 4.93. The smallest absolute Gasteiger partial charge is 0.256 e. The van der Waals surface area contributed by atoms with Crippen LogP contribution in [0, 0.1) is 16.7 Å². The summed E-state index contributed by atoms with van der Waals surface area (Å²) in [6.07, 6.45) is 0.723. The van der Waals surface area contributed by atoms with E-state index in [1.807, 2.05) is 32.0 Å². The average molecular weight is 425 g/mol. The normalized spacial score (nSPS) is 11.9. The number of ether oxygens (including phenoxy) is 1. The highest BCUT2D eigenvalue weighted by Gasteiger charge is 2.19. The van der Waals surface area contributed by atoms with E-state index in [2.05, 4.69) is 26.5 Å². The molecule has 0 aliphatic rings. The molecule has 0 aliphatic heterocycles. The van der Waals surface area contributed by atoms with Crippen LogP contribution in [-0.4, -0.2) is 44.2 Å². The quantitative estimate of drug-likeness (QED) is 0.481. The fourth-order valence-electron chi connectivity index (χ4n) is 3.30. The van der Waals surface area contributed by atoms with Gasteiger partial charge in [-0.3, -0.25) is 0 Å². The van der Waals surface area contributed by atoms with Crippen molar-refractivity contribution in [3.8, 4) is 23.1 Å². The number of benzene rings is 1. The first-order valence-electron chi connectivity index (χ1n) is 9.63. The van der Waals surface area contributed by atoms with Crippen LogP contribution in [0.5, 0.6) is 5.88 Å². The molecule has 10 heteroatoms. The summed E-state index contributed by atoms with van der Waals surface area (Å²) in [6, 6.07) is 9.58. The Bertz CT molecular complexity index is 1290. The van der Waals surface area contributed by atoms with Crippen LogP contribution in [0.3, 0.4) is 0 Å². The summed E-state index contributed by atoms with van der Waals surface area (Å²) in [6.45, 7) is 3.59. The number of hydrogen-bond donors (Lipinski definition) is 1. The van der Waals surface area contributed by atoms with Crippen LogP contribution < -0.4 is 10.1 Å². The van der Waals surface area contributed by atoms with E-state index in [0.29, 0.717) is 34.9 Å². The number of aromatic nitrogens is 5. The summed E-state index contributed by atoms with van der Waals surface area (Å²) in [4.78, 5) is 8.63. The predicted octanol–water partition coefficient (Wildman–Crippen LogP) is 3.98. The Hall–Kier alpha value is -3.74. The Labute approximate surface area is 177 Å². The number of methoxy groups -OCH3 is 1. The van der Waals surface area contributed by atoms with E-state index in [1.54, 1.807) is 16.8 Å². The number of nitriles is 1. The lowest BCUT2D eigenvalue weighted by Gasteiger charge is -2.16. The SMILES string of the molecule is COc1nc(NCC(C)(C)C#N)nn2ccc(-c3ccc4ncn(CC(F)F)c4c3)c12. The third kappa shape index (κ3) is 3.99. The molecule has 1 N–H and O–H groups in total. The highest BCUT2D eigenvalue weighted by molar-refractivity contribution is 5.89. The molecule has 4 aromatic rings. The molecule has 0 saturated heterocycles. The summed E-state index contributed by atoms with van der Waals surface area (Å²) < 4.78 is 34.4. The zero-order valence-electron chi connectivity index (χ0n) is 17.3. The highest BCUT2D eigenvalue weighted by Crippen LogP contribution is 2.33. The zero-order chi connectivity index (χ0) is 22.2. The standard InChI is InChI=1S/C21H21F2N7O/c1-21(2,10-24)11-25-20-27-19(31-3)18-14(6-7-30(18)28-20)13-4-5-15-16(8-13)29(12-26-15)9-17(22)23/h4-8,12,17H,9,11H2,1-3H3,(H,25,28). The number of nitrogens with zero attached hydrogens (tertiary/aromatic N) is 6. The number of nitrogens with one attached hydrogen (secondary N) is 1.